The standard InChI is InChI=1S/C22H29N3O3/c1-12(23-17-3-4-19-18(8-17)24-21(27)13(2)28-19)20(26)25-22-9-14-5-15(10-22)7-16(6-14)11-22/h3-4,8,12-16,23H,5-7,9-11H2,1-2H3,(H,24,27)(H,25,26). The van der Waals surface area contributed by atoms with Gasteiger partial charge in [0, 0.05) is 11.2 Å². The minimum absolute atomic E-state index is 0.0234. The molecular weight excluding hydrogens is 354 g/mol. The molecule has 1 aromatic rings. The summed E-state index contributed by atoms with van der Waals surface area (Å²) in [5.74, 6) is 2.98. The molecule has 6 nitrogen and oxygen atoms in total. The van der Waals surface area contributed by atoms with Crippen molar-refractivity contribution in [2.75, 3.05) is 10.6 Å². The Labute approximate surface area is 165 Å². The van der Waals surface area contributed by atoms with Gasteiger partial charge in [-0.1, -0.05) is 0 Å². The maximum Gasteiger partial charge on any atom is 0.265 e. The Morgan fingerprint density at radius 3 is 2.46 bits per heavy atom. The fourth-order valence-corrected chi connectivity index (χ4v) is 6.25. The summed E-state index contributed by atoms with van der Waals surface area (Å²) in [6.45, 7) is 3.62. The molecule has 150 valence electrons. The first kappa shape index (κ1) is 17.8. The normalized spacial score (nSPS) is 36.1. The SMILES string of the molecule is CC(Nc1ccc2c(c1)NC(=O)C(C)O2)C(=O)NC12CC3CC(CC(C3)C1)C2. The lowest BCUT2D eigenvalue weighted by Gasteiger charge is -2.57. The summed E-state index contributed by atoms with van der Waals surface area (Å²) in [4.78, 5) is 24.8. The number of amides is 2. The van der Waals surface area contributed by atoms with Crippen LogP contribution >= 0.6 is 0 Å². The van der Waals surface area contributed by atoms with Crippen molar-refractivity contribution in [3.05, 3.63) is 18.2 Å². The van der Waals surface area contributed by atoms with E-state index in [4.69, 9.17) is 4.74 Å². The van der Waals surface area contributed by atoms with Crippen LogP contribution in [-0.2, 0) is 9.59 Å². The monoisotopic (exact) mass is 383 g/mol. The van der Waals surface area contributed by atoms with Gasteiger partial charge in [-0.15, -0.1) is 0 Å². The molecule has 6 rings (SSSR count). The summed E-state index contributed by atoms with van der Waals surface area (Å²) < 4.78 is 5.59. The molecular formula is C22H29N3O3. The molecule has 4 bridgehead atoms. The molecule has 5 aliphatic rings. The molecule has 4 saturated carbocycles. The van der Waals surface area contributed by atoms with Crippen LogP contribution in [0.15, 0.2) is 18.2 Å². The first-order chi connectivity index (χ1) is 13.4. The Bertz CT molecular complexity index is 786. The molecule has 2 unspecified atom stereocenters. The molecule has 2 atom stereocenters. The zero-order chi connectivity index (χ0) is 19.5. The van der Waals surface area contributed by atoms with Crippen LogP contribution in [0.25, 0.3) is 0 Å². The smallest absolute Gasteiger partial charge is 0.265 e. The van der Waals surface area contributed by atoms with E-state index in [-0.39, 0.29) is 23.4 Å². The summed E-state index contributed by atoms with van der Waals surface area (Å²) in [5, 5.41) is 9.56. The lowest BCUT2D eigenvalue weighted by Crippen LogP contribution is -2.61. The number of rotatable bonds is 4. The van der Waals surface area contributed by atoms with Crippen LogP contribution in [0.1, 0.15) is 52.4 Å². The molecule has 4 fully saturated rings. The highest BCUT2D eigenvalue weighted by Crippen LogP contribution is 2.55. The number of carbonyl (C=O) groups excluding carboxylic acids is 2. The van der Waals surface area contributed by atoms with E-state index in [1.165, 1.54) is 19.3 Å². The Kier molecular flexibility index (Phi) is 4.07. The largest absolute Gasteiger partial charge is 0.479 e. The van der Waals surface area contributed by atoms with Crippen molar-refractivity contribution in [3.63, 3.8) is 0 Å². The maximum absolute atomic E-state index is 12.9. The maximum atomic E-state index is 12.9. The summed E-state index contributed by atoms with van der Waals surface area (Å²) in [7, 11) is 0. The predicted molar refractivity (Wildman–Crippen MR) is 107 cm³/mol. The molecule has 2 amide bonds. The first-order valence-corrected chi connectivity index (χ1v) is 10.6. The molecule has 0 saturated heterocycles. The predicted octanol–water partition coefficient (Wildman–Crippen LogP) is 3.29. The molecule has 6 heteroatoms. The van der Waals surface area contributed by atoms with Gasteiger partial charge in [0.05, 0.1) is 5.69 Å². The topological polar surface area (TPSA) is 79.5 Å². The Balaban J connectivity index is 1.25. The van der Waals surface area contributed by atoms with E-state index >= 15 is 0 Å². The minimum Gasteiger partial charge on any atom is -0.479 e. The summed E-state index contributed by atoms with van der Waals surface area (Å²) >= 11 is 0. The Morgan fingerprint density at radius 1 is 1.18 bits per heavy atom. The molecule has 1 aromatic carbocycles. The third-order valence-corrected chi connectivity index (χ3v) is 7.11. The van der Waals surface area contributed by atoms with Gasteiger partial charge in [-0.25, -0.2) is 0 Å². The van der Waals surface area contributed by atoms with Crippen LogP contribution in [0, 0.1) is 17.8 Å². The number of ether oxygens (including phenoxy) is 1. The van der Waals surface area contributed by atoms with Crippen molar-refractivity contribution >= 4 is 23.2 Å². The molecule has 4 aliphatic carbocycles. The van der Waals surface area contributed by atoms with E-state index in [1.807, 2.05) is 25.1 Å². The van der Waals surface area contributed by atoms with E-state index in [0.29, 0.717) is 11.4 Å². The second kappa shape index (κ2) is 6.39. The average molecular weight is 383 g/mol. The molecule has 1 heterocycles. The lowest BCUT2D eigenvalue weighted by molar-refractivity contribution is -0.127. The highest BCUT2D eigenvalue weighted by Gasteiger charge is 2.51. The third kappa shape index (κ3) is 3.12. The van der Waals surface area contributed by atoms with Crippen molar-refractivity contribution in [1.82, 2.24) is 5.32 Å². The van der Waals surface area contributed by atoms with Gasteiger partial charge in [0.2, 0.25) is 5.91 Å². The van der Waals surface area contributed by atoms with Crippen LogP contribution in [0.3, 0.4) is 0 Å². The van der Waals surface area contributed by atoms with E-state index in [2.05, 4.69) is 16.0 Å². The molecule has 1 aliphatic heterocycles. The third-order valence-electron chi connectivity index (χ3n) is 7.11. The number of fused-ring (bicyclic) bond motifs is 1. The fourth-order valence-electron chi connectivity index (χ4n) is 6.25. The zero-order valence-electron chi connectivity index (χ0n) is 16.6. The highest BCUT2D eigenvalue weighted by atomic mass is 16.5. The number of benzene rings is 1. The van der Waals surface area contributed by atoms with Gasteiger partial charge in [-0.05, 0) is 88.3 Å². The van der Waals surface area contributed by atoms with Crippen molar-refractivity contribution in [2.45, 2.75) is 70.1 Å². The lowest BCUT2D eigenvalue weighted by atomic mass is 9.53. The Hall–Kier alpha value is -2.24. The number of carbonyl (C=O) groups is 2. The van der Waals surface area contributed by atoms with Crippen molar-refractivity contribution in [1.29, 1.82) is 0 Å². The van der Waals surface area contributed by atoms with Crippen LogP contribution in [0.2, 0.25) is 0 Å². The quantitative estimate of drug-likeness (QED) is 0.745. The van der Waals surface area contributed by atoms with Crippen molar-refractivity contribution in [2.24, 2.45) is 17.8 Å². The van der Waals surface area contributed by atoms with E-state index in [1.54, 1.807) is 6.92 Å². The van der Waals surface area contributed by atoms with Crippen LogP contribution in [0.4, 0.5) is 11.4 Å². The first-order valence-electron chi connectivity index (χ1n) is 10.6. The van der Waals surface area contributed by atoms with Crippen molar-refractivity contribution in [3.8, 4) is 5.75 Å². The summed E-state index contributed by atoms with van der Waals surface area (Å²) in [6, 6.07) is 5.20. The number of hydrogen-bond acceptors (Lipinski definition) is 4. The zero-order valence-corrected chi connectivity index (χ0v) is 16.6. The summed E-state index contributed by atoms with van der Waals surface area (Å²) in [6.07, 6.45) is 7.06. The van der Waals surface area contributed by atoms with Crippen molar-refractivity contribution < 1.29 is 14.3 Å². The molecule has 0 aromatic heterocycles. The molecule has 3 N–H and O–H groups in total. The number of anilines is 2. The second-order valence-electron chi connectivity index (χ2n) is 9.51. The van der Waals surface area contributed by atoms with Gasteiger partial charge in [0.25, 0.3) is 5.91 Å². The van der Waals surface area contributed by atoms with Gasteiger partial charge in [0.1, 0.15) is 11.8 Å². The van der Waals surface area contributed by atoms with Gasteiger partial charge < -0.3 is 20.7 Å². The molecule has 0 spiro atoms. The van der Waals surface area contributed by atoms with E-state index in [0.717, 1.165) is 42.7 Å². The van der Waals surface area contributed by atoms with Gasteiger partial charge >= 0.3 is 0 Å². The van der Waals surface area contributed by atoms with Gasteiger partial charge in [-0.2, -0.15) is 0 Å². The Morgan fingerprint density at radius 2 is 1.82 bits per heavy atom. The highest BCUT2D eigenvalue weighted by molar-refractivity contribution is 5.98. The van der Waals surface area contributed by atoms with Gasteiger partial charge in [0.15, 0.2) is 6.10 Å². The van der Waals surface area contributed by atoms with Crippen LogP contribution in [-0.4, -0.2) is 29.5 Å². The summed E-state index contributed by atoms with van der Waals surface area (Å²) in [5.41, 5.74) is 1.46. The molecule has 28 heavy (non-hydrogen) atoms. The fraction of sp³-hybridized carbons (Fsp3) is 0.636. The van der Waals surface area contributed by atoms with Gasteiger partial charge in [-0.3, -0.25) is 9.59 Å². The molecule has 0 radical (unpaired) electrons. The number of nitrogens with one attached hydrogen (secondary N) is 3. The number of hydrogen-bond donors (Lipinski definition) is 3. The van der Waals surface area contributed by atoms with E-state index < -0.39 is 6.10 Å². The van der Waals surface area contributed by atoms with E-state index in [9.17, 15) is 9.59 Å². The average Bonchev–Trinajstić information content (AvgIpc) is 2.61. The van der Waals surface area contributed by atoms with Crippen LogP contribution in [0.5, 0.6) is 5.75 Å². The second-order valence-corrected chi connectivity index (χ2v) is 9.51. The van der Waals surface area contributed by atoms with Crippen LogP contribution < -0.4 is 20.7 Å². The minimum atomic E-state index is -0.490.